The van der Waals surface area contributed by atoms with Gasteiger partial charge in [0.05, 0.1) is 11.4 Å². The average Bonchev–Trinajstić information content (AvgIpc) is 2.53. The Labute approximate surface area is 138 Å². The van der Waals surface area contributed by atoms with Crippen LogP contribution in [0.25, 0.3) is 0 Å². The molecule has 0 aliphatic carbocycles. The number of anilines is 1. The van der Waals surface area contributed by atoms with Gasteiger partial charge in [-0.2, -0.15) is 18.8 Å². The summed E-state index contributed by atoms with van der Waals surface area (Å²) in [7, 11) is -3.84. The van der Waals surface area contributed by atoms with E-state index in [1.165, 1.54) is 6.07 Å². The highest BCUT2D eigenvalue weighted by molar-refractivity contribution is 7.90. The number of amidine groups is 1. The van der Waals surface area contributed by atoms with Crippen LogP contribution in [-0.2, 0) is 16.6 Å². The first kappa shape index (κ1) is 15.9. The molecule has 122 valence electrons. The molecule has 1 aliphatic heterocycles. The van der Waals surface area contributed by atoms with Gasteiger partial charge in [-0.3, -0.25) is 4.79 Å². The minimum absolute atomic E-state index is 0.0119. The highest BCUT2D eigenvalue weighted by Crippen LogP contribution is 2.26. The van der Waals surface area contributed by atoms with Gasteiger partial charge in [0, 0.05) is 0 Å². The number of sulfonamides is 1. The predicted molar refractivity (Wildman–Crippen MR) is 87.4 cm³/mol. The third kappa shape index (κ3) is 2.57. The summed E-state index contributed by atoms with van der Waals surface area (Å²) in [6, 6.07) is 8.22. The second-order valence-corrected chi connectivity index (χ2v) is 6.87. The molecule has 0 unspecified atom stereocenters. The lowest BCUT2D eigenvalue weighted by atomic mass is 10.1. The van der Waals surface area contributed by atoms with Gasteiger partial charge in [0.2, 0.25) is 0 Å². The van der Waals surface area contributed by atoms with E-state index in [1.54, 1.807) is 32.0 Å². The molecule has 1 aromatic heterocycles. The number of nitrogens with one attached hydrogen (secondary N) is 1. The van der Waals surface area contributed by atoms with Crippen LogP contribution in [0, 0.1) is 25.2 Å². The lowest BCUT2D eigenvalue weighted by molar-refractivity contribution is 0.596. The van der Waals surface area contributed by atoms with E-state index in [9.17, 15) is 13.2 Å². The van der Waals surface area contributed by atoms with Gasteiger partial charge in [0.1, 0.15) is 28.9 Å². The zero-order chi connectivity index (χ0) is 17.5. The lowest BCUT2D eigenvalue weighted by Crippen LogP contribution is -2.34. The molecule has 2 aromatic rings. The molecular formula is C15H13N5O3S. The van der Waals surface area contributed by atoms with Crippen LogP contribution in [0.1, 0.15) is 16.8 Å². The number of rotatable bonds is 2. The van der Waals surface area contributed by atoms with Crippen LogP contribution in [0.5, 0.6) is 0 Å². The van der Waals surface area contributed by atoms with Crippen molar-refractivity contribution in [3.63, 3.8) is 0 Å². The Morgan fingerprint density at radius 3 is 2.71 bits per heavy atom. The van der Waals surface area contributed by atoms with Crippen molar-refractivity contribution in [2.24, 2.45) is 4.40 Å². The van der Waals surface area contributed by atoms with Crippen molar-refractivity contribution in [1.29, 1.82) is 5.26 Å². The smallest absolute Gasteiger partial charge is 0.286 e. The number of hydrogen-bond acceptors (Lipinski definition) is 6. The Morgan fingerprint density at radius 2 is 2.00 bits per heavy atom. The molecule has 1 N–H and O–H groups in total. The molecule has 1 aromatic carbocycles. The number of aromatic nitrogens is 2. The first-order valence-electron chi connectivity index (χ1n) is 7.02. The summed E-state index contributed by atoms with van der Waals surface area (Å²) in [6.45, 7) is 3.14. The average molecular weight is 343 g/mol. The van der Waals surface area contributed by atoms with Gasteiger partial charge >= 0.3 is 0 Å². The maximum absolute atomic E-state index is 12.3. The maximum Gasteiger partial charge on any atom is 0.286 e. The summed E-state index contributed by atoms with van der Waals surface area (Å²) in [5.74, 6) is 0.0652. The van der Waals surface area contributed by atoms with Crippen LogP contribution in [0.15, 0.2) is 38.4 Å². The van der Waals surface area contributed by atoms with E-state index < -0.39 is 15.6 Å². The van der Waals surface area contributed by atoms with Gasteiger partial charge in [0.15, 0.2) is 0 Å². The second kappa shape index (κ2) is 5.58. The summed E-state index contributed by atoms with van der Waals surface area (Å²) >= 11 is 0. The summed E-state index contributed by atoms with van der Waals surface area (Å²) in [4.78, 5) is 12.4. The molecule has 0 spiro atoms. The van der Waals surface area contributed by atoms with E-state index in [1.807, 2.05) is 6.07 Å². The van der Waals surface area contributed by atoms with Gasteiger partial charge in [-0.15, -0.1) is 4.40 Å². The highest BCUT2D eigenvalue weighted by atomic mass is 32.2. The Morgan fingerprint density at radius 1 is 1.29 bits per heavy atom. The highest BCUT2D eigenvalue weighted by Gasteiger charge is 2.25. The van der Waals surface area contributed by atoms with Crippen LogP contribution in [-0.4, -0.2) is 24.0 Å². The third-order valence-corrected chi connectivity index (χ3v) is 5.09. The van der Waals surface area contributed by atoms with Crippen molar-refractivity contribution in [2.75, 3.05) is 5.32 Å². The fourth-order valence-corrected chi connectivity index (χ4v) is 3.53. The quantitative estimate of drug-likeness (QED) is 0.867. The molecule has 0 radical (unpaired) electrons. The number of aryl methyl sites for hydroxylation is 1. The SMILES string of the molecule is Cc1nn(CC2=NS(=O)(=O)c3ccccc3N2)c(=O)c(C#N)c1C. The Hall–Kier alpha value is -2.99. The van der Waals surface area contributed by atoms with Crippen molar-refractivity contribution in [3.8, 4) is 6.07 Å². The van der Waals surface area contributed by atoms with E-state index in [0.717, 1.165) is 4.68 Å². The molecular weight excluding hydrogens is 330 g/mol. The standard InChI is InChI=1S/C15H13N5O3S/c1-9-10(2)18-20(15(21)11(9)7-16)8-14-17-12-5-3-4-6-13(12)24(22,23)19-14/h3-6H,8H2,1-2H3,(H,17,19). The summed E-state index contributed by atoms with van der Waals surface area (Å²) in [5, 5.41) is 16.1. The summed E-state index contributed by atoms with van der Waals surface area (Å²) in [6.07, 6.45) is 0. The molecule has 0 bridgehead atoms. The van der Waals surface area contributed by atoms with Gasteiger partial charge in [-0.25, -0.2) is 4.68 Å². The Balaban J connectivity index is 2.06. The number of nitrogens with zero attached hydrogens (tertiary/aromatic N) is 4. The lowest BCUT2D eigenvalue weighted by Gasteiger charge is -2.18. The number of hydrogen-bond donors (Lipinski definition) is 1. The van der Waals surface area contributed by atoms with Gasteiger partial charge in [-0.05, 0) is 31.5 Å². The molecule has 2 heterocycles. The summed E-state index contributed by atoms with van der Waals surface area (Å²) in [5.41, 5.74) is 0.824. The number of nitriles is 1. The number of benzene rings is 1. The predicted octanol–water partition coefficient (Wildman–Crippen LogP) is 0.945. The molecule has 8 nitrogen and oxygen atoms in total. The van der Waals surface area contributed by atoms with E-state index in [2.05, 4.69) is 14.8 Å². The van der Waals surface area contributed by atoms with Crippen molar-refractivity contribution in [3.05, 3.63) is 51.4 Å². The van der Waals surface area contributed by atoms with Crippen molar-refractivity contribution < 1.29 is 8.42 Å². The molecule has 24 heavy (non-hydrogen) atoms. The molecule has 0 fully saturated rings. The fraction of sp³-hybridized carbons (Fsp3) is 0.200. The minimum atomic E-state index is -3.84. The van der Waals surface area contributed by atoms with E-state index in [4.69, 9.17) is 5.26 Å². The van der Waals surface area contributed by atoms with E-state index >= 15 is 0 Å². The molecule has 9 heteroatoms. The second-order valence-electron chi connectivity index (χ2n) is 5.29. The Kier molecular flexibility index (Phi) is 3.69. The van der Waals surface area contributed by atoms with Crippen molar-refractivity contribution in [1.82, 2.24) is 9.78 Å². The van der Waals surface area contributed by atoms with Crippen LogP contribution < -0.4 is 10.9 Å². The van der Waals surface area contributed by atoms with E-state index in [0.29, 0.717) is 16.9 Å². The summed E-state index contributed by atoms with van der Waals surface area (Å²) < 4.78 is 29.2. The fourth-order valence-electron chi connectivity index (χ4n) is 2.39. The van der Waals surface area contributed by atoms with Gasteiger partial charge in [-0.1, -0.05) is 12.1 Å². The Bertz CT molecular complexity index is 1080. The first-order valence-corrected chi connectivity index (χ1v) is 8.46. The van der Waals surface area contributed by atoms with Crippen molar-refractivity contribution in [2.45, 2.75) is 25.3 Å². The first-order chi connectivity index (χ1) is 11.3. The third-order valence-electron chi connectivity index (χ3n) is 3.72. The largest absolute Gasteiger partial charge is 0.340 e. The topological polar surface area (TPSA) is 117 Å². The van der Waals surface area contributed by atoms with Crippen LogP contribution >= 0.6 is 0 Å². The van der Waals surface area contributed by atoms with Crippen LogP contribution in [0.2, 0.25) is 0 Å². The van der Waals surface area contributed by atoms with Crippen molar-refractivity contribution >= 4 is 21.5 Å². The minimum Gasteiger partial charge on any atom is -0.340 e. The zero-order valence-electron chi connectivity index (χ0n) is 12.9. The monoisotopic (exact) mass is 343 g/mol. The molecule has 0 amide bonds. The maximum atomic E-state index is 12.3. The molecule has 0 saturated carbocycles. The normalized spacial score (nSPS) is 15.0. The van der Waals surface area contributed by atoms with Crippen LogP contribution in [0.3, 0.4) is 0 Å². The van der Waals surface area contributed by atoms with Gasteiger partial charge < -0.3 is 5.32 Å². The molecule has 3 rings (SSSR count). The van der Waals surface area contributed by atoms with Gasteiger partial charge in [0.25, 0.3) is 15.6 Å². The number of fused-ring (bicyclic) bond motifs is 1. The molecule has 0 atom stereocenters. The molecule has 1 aliphatic rings. The number of para-hydroxylation sites is 1. The zero-order valence-corrected chi connectivity index (χ0v) is 13.8. The molecule has 0 saturated heterocycles. The van der Waals surface area contributed by atoms with Crippen LogP contribution in [0.4, 0.5) is 5.69 Å². The van der Waals surface area contributed by atoms with E-state index in [-0.39, 0.29) is 22.8 Å².